The second-order valence-electron chi connectivity index (χ2n) is 4.28. The van der Waals surface area contributed by atoms with Crippen molar-refractivity contribution in [2.75, 3.05) is 6.54 Å². The molecule has 0 rings (SSSR count). The molecule has 0 fully saturated rings. The number of urea groups is 1. The van der Waals surface area contributed by atoms with E-state index in [2.05, 4.69) is 10.6 Å². The van der Waals surface area contributed by atoms with E-state index in [1.165, 1.54) is 0 Å². The molecule has 0 aromatic heterocycles. The Kier molecular flexibility index (Phi) is 7.33. The second kappa shape index (κ2) is 7.96. The first-order valence-corrected chi connectivity index (χ1v) is 5.74. The predicted octanol–water partition coefficient (Wildman–Crippen LogP) is 1.58. The van der Waals surface area contributed by atoms with E-state index in [-0.39, 0.29) is 0 Å². The van der Waals surface area contributed by atoms with E-state index in [0.717, 1.165) is 12.8 Å². The summed E-state index contributed by atoms with van der Waals surface area (Å²) >= 11 is 0. The van der Waals surface area contributed by atoms with Gasteiger partial charge in [-0.25, -0.2) is 9.59 Å². The van der Waals surface area contributed by atoms with Gasteiger partial charge < -0.3 is 15.7 Å². The molecule has 0 aliphatic carbocycles. The smallest absolute Gasteiger partial charge is 0.326 e. The van der Waals surface area contributed by atoms with Crippen LogP contribution in [0.1, 0.15) is 40.0 Å². The third kappa shape index (κ3) is 7.09. The van der Waals surface area contributed by atoms with Crippen molar-refractivity contribution >= 4 is 12.0 Å². The van der Waals surface area contributed by atoms with E-state index in [4.69, 9.17) is 5.11 Å². The molecule has 5 nitrogen and oxygen atoms in total. The largest absolute Gasteiger partial charge is 0.480 e. The number of hydrogen-bond acceptors (Lipinski definition) is 2. The van der Waals surface area contributed by atoms with E-state index in [0.29, 0.717) is 18.9 Å². The van der Waals surface area contributed by atoms with Crippen molar-refractivity contribution in [1.82, 2.24) is 10.6 Å². The molecule has 0 saturated carbocycles. The minimum atomic E-state index is -0.979. The normalized spacial score (nSPS) is 12.2. The SMILES string of the molecule is CCCC[C@H](NC(=O)NCC(C)C)C(=O)O. The van der Waals surface area contributed by atoms with Gasteiger partial charge in [0.1, 0.15) is 6.04 Å². The summed E-state index contributed by atoms with van der Waals surface area (Å²) in [5, 5.41) is 14.0. The molecule has 0 radical (unpaired) electrons. The summed E-state index contributed by atoms with van der Waals surface area (Å²) in [6.45, 7) is 6.49. The molecule has 0 bridgehead atoms. The first-order valence-electron chi connectivity index (χ1n) is 5.74. The lowest BCUT2D eigenvalue weighted by atomic mass is 10.1. The maximum atomic E-state index is 11.3. The maximum absolute atomic E-state index is 11.3. The van der Waals surface area contributed by atoms with Crippen LogP contribution in [0, 0.1) is 5.92 Å². The van der Waals surface area contributed by atoms with Gasteiger partial charge in [-0.3, -0.25) is 0 Å². The second-order valence-corrected chi connectivity index (χ2v) is 4.28. The molecular formula is C11H22N2O3. The van der Waals surface area contributed by atoms with Crippen LogP contribution in [0.5, 0.6) is 0 Å². The van der Waals surface area contributed by atoms with Gasteiger partial charge in [0.25, 0.3) is 0 Å². The van der Waals surface area contributed by atoms with Gasteiger partial charge in [-0.2, -0.15) is 0 Å². The summed E-state index contributed by atoms with van der Waals surface area (Å²) in [6.07, 6.45) is 2.18. The van der Waals surface area contributed by atoms with Crippen LogP contribution in [0.25, 0.3) is 0 Å². The van der Waals surface area contributed by atoms with Gasteiger partial charge in [-0.1, -0.05) is 33.6 Å². The lowest BCUT2D eigenvalue weighted by molar-refractivity contribution is -0.139. The minimum Gasteiger partial charge on any atom is -0.480 e. The highest BCUT2D eigenvalue weighted by atomic mass is 16.4. The molecule has 0 aromatic rings. The number of unbranched alkanes of at least 4 members (excludes halogenated alkanes) is 1. The van der Waals surface area contributed by atoms with Crippen LogP contribution < -0.4 is 10.6 Å². The molecule has 2 amide bonds. The molecule has 1 atom stereocenters. The molecule has 94 valence electrons. The van der Waals surface area contributed by atoms with E-state index >= 15 is 0 Å². The molecule has 0 heterocycles. The number of aliphatic carboxylic acids is 1. The zero-order chi connectivity index (χ0) is 12.6. The number of rotatable bonds is 7. The molecule has 0 saturated heterocycles. The maximum Gasteiger partial charge on any atom is 0.326 e. The van der Waals surface area contributed by atoms with Crippen LogP contribution >= 0.6 is 0 Å². The molecular weight excluding hydrogens is 208 g/mol. The van der Waals surface area contributed by atoms with Gasteiger partial charge in [-0.15, -0.1) is 0 Å². The first-order chi connectivity index (χ1) is 7.47. The number of hydrogen-bond donors (Lipinski definition) is 3. The Hall–Kier alpha value is -1.26. The minimum absolute atomic E-state index is 0.352. The van der Waals surface area contributed by atoms with Gasteiger partial charge in [0.2, 0.25) is 0 Å². The molecule has 0 aliphatic rings. The third-order valence-corrected chi connectivity index (χ3v) is 2.12. The average Bonchev–Trinajstić information content (AvgIpc) is 2.20. The molecule has 16 heavy (non-hydrogen) atoms. The zero-order valence-corrected chi connectivity index (χ0v) is 10.2. The Morgan fingerprint density at radius 1 is 1.31 bits per heavy atom. The Labute approximate surface area is 96.6 Å². The van der Waals surface area contributed by atoms with Gasteiger partial charge in [-0.05, 0) is 12.3 Å². The summed E-state index contributed by atoms with van der Waals surface area (Å²) in [5.74, 6) is -0.627. The van der Waals surface area contributed by atoms with E-state index < -0.39 is 18.0 Å². The average molecular weight is 230 g/mol. The van der Waals surface area contributed by atoms with Crippen molar-refractivity contribution in [2.45, 2.75) is 46.1 Å². The van der Waals surface area contributed by atoms with Crippen LogP contribution in [-0.4, -0.2) is 29.7 Å². The van der Waals surface area contributed by atoms with Crippen molar-refractivity contribution in [3.05, 3.63) is 0 Å². The number of carbonyl (C=O) groups excluding carboxylic acids is 1. The van der Waals surface area contributed by atoms with Crippen LogP contribution in [0.15, 0.2) is 0 Å². The summed E-state index contributed by atoms with van der Waals surface area (Å²) in [6, 6.07) is -1.19. The van der Waals surface area contributed by atoms with Crippen molar-refractivity contribution in [3.63, 3.8) is 0 Å². The molecule has 0 spiro atoms. The van der Waals surface area contributed by atoms with Crippen LogP contribution in [0.3, 0.4) is 0 Å². The van der Waals surface area contributed by atoms with Crippen molar-refractivity contribution in [2.24, 2.45) is 5.92 Å². The molecule has 5 heteroatoms. The number of carbonyl (C=O) groups is 2. The highest BCUT2D eigenvalue weighted by molar-refractivity contribution is 5.82. The van der Waals surface area contributed by atoms with Crippen LogP contribution in [0.4, 0.5) is 4.79 Å². The van der Waals surface area contributed by atoms with Crippen molar-refractivity contribution < 1.29 is 14.7 Å². The molecule has 0 unspecified atom stereocenters. The number of amides is 2. The van der Waals surface area contributed by atoms with Gasteiger partial charge in [0.05, 0.1) is 0 Å². The summed E-state index contributed by atoms with van der Waals surface area (Å²) in [5.41, 5.74) is 0. The standard InChI is InChI=1S/C11H22N2O3/c1-4-5-6-9(10(14)15)13-11(16)12-7-8(2)3/h8-9H,4-7H2,1-3H3,(H,14,15)(H2,12,13,16)/t9-/m0/s1. The van der Waals surface area contributed by atoms with E-state index in [1.807, 2.05) is 20.8 Å². The van der Waals surface area contributed by atoms with Crippen LogP contribution in [0.2, 0.25) is 0 Å². The fourth-order valence-corrected chi connectivity index (χ4v) is 1.17. The number of carboxylic acid groups (broad SMARTS) is 1. The highest BCUT2D eigenvalue weighted by Crippen LogP contribution is 2.00. The Morgan fingerprint density at radius 3 is 2.38 bits per heavy atom. The quantitative estimate of drug-likeness (QED) is 0.621. The van der Waals surface area contributed by atoms with E-state index in [1.54, 1.807) is 0 Å². The topological polar surface area (TPSA) is 78.4 Å². The zero-order valence-electron chi connectivity index (χ0n) is 10.2. The fourth-order valence-electron chi connectivity index (χ4n) is 1.17. The van der Waals surface area contributed by atoms with Gasteiger partial charge >= 0.3 is 12.0 Å². The third-order valence-electron chi connectivity index (χ3n) is 2.12. The van der Waals surface area contributed by atoms with Crippen molar-refractivity contribution in [3.8, 4) is 0 Å². The summed E-state index contributed by atoms with van der Waals surface area (Å²) < 4.78 is 0. The summed E-state index contributed by atoms with van der Waals surface area (Å²) in [7, 11) is 0. The Bertz CT molecular complexity index is 229. The number of carboxylic acids is 1. The monoisotopic (exact) mass is 230 g/mol. The Balaban J connectivity index is 3.98. The lowest BCUT2D eigenvalue weighted by Crippen LogP contribution is -2.46. The predicted molar refractivity (Wildman–Crippen MR) is 62.3 cm³/mol. The van der Waals surface area contributed by atoms with Crippen molar-refractivity contribution in [1.29, 1.82) is 0 Å². The molecule has 3 N–H and O–H groups in total. The van der Waals surface area contributed by atoms with Gasteiger partial charge in [0, 0.05) is 6.54 Å². The number of nitrogens with one attached hydrogen (secondary N) is 2. The van der Waals surface area contributed by atoms with E-state index in [9.17, 15) is 9.59 Å². The fraction of sp³-hybridized carbons (Fsp3) is 0.818. The van der Waals surface area contributed by atoms with Crippen LogP contribution in [-0.2, 0) is 4.79 Å². The lowest BCUT2D eigenvalue weighted by Gasteiger charge is -2.15. The Morgan fingerprint density at radius 2 is 1.94 bits per heavy atom. The van der Waals surface area contributed by atoms with Gasteiger partial charge in [0.15, 0.2) is 0 Å². The summed E-state index contributed by atoms with van der Waals surface area (Å²) in [4.78, 5) is 22.2. The molecule has 0 aromatic carbocycles. The highest BCUT2D eigenvalue weighted by Gasteiger charge is 2.18. The first kappa shape index (κ1) is 14.7. The molecule has 0 aliphatic heterocycles.